The first kappa shape index (κ1) is 17.9. The third kappa shape index (κ3) is 2.84. The van der Waals surface area contributed by atoms with Crippen LogP contribution in [0.2, 0.25) is 0 Å². The van der Waals surface area contributed by atoms with Crippen LogP contribution in [-0.2, 0) is 13.6 Å². The Kier molecular flexibility index (Phi) is 4.62. The molecule has 11 heteroatoms. The topological polar surface area (TPSA) is 59.3 Å². The predicted octanol–water partition coefficient (Wildman–Crippen LogP) is 1.49. The molecule has 0 aromatic carbocycles. The van der Waals surface area contributed by atoms with Crippen LogP contribution in [0.1, 0.15) is 16.7 Å². The molecular weight excluding hydrogens is 377 g/mol. The summed E-state index contributed by atoms with van der Waals surface area (Å²) in [5.41, 5.74) is -1.59. The van der Waals surface area contributed by atoms with E-state index in [1.54, 1.807) is 6.92 Å². The molecule has 2 aromatic rings. The van der Waals surface area contributed by atoms with Crippen molar-refractivity contribution in [3.05, 3.63) is 31.3 Å². The molecule has 25 heavy (non-hydrogen) atoms. The molecule has 1 aliphatic rings. The maximum Gasteiger partial charge on any atom is 0.334 e. The van der Waals surface area contributed by atoms with Crippen molar-refractivity contribution in [2.75, 3.05) is 13.1 Å². The van der Waals surface area contributed by atoms with Crippen molar-refractivity contribution < 1.29 is 13.2 Å². The number of fused-ring (bicyclic) bond motifs is 1. The van der Waals surface area contributed by atoms with Crippen molar-refractivity contribution in [2.45, 2.75) is 26.2 Å². The molecule has 136 valence electrons. The number of thiocarbonyl (C=S) groups is 1. The highest BCUT2D eigenvalue weighted by Crippen LogP contribution is 2.29. The van der Waals surface area contributed by atoms with Crippen LogP contribution in [0, 0.1) is 6.92 Å². The molecule has 1 atom stereocenters. The van der Waals surface area contributed by atoms with Crippen LogP contribution in [0.5, 0.6) is 0 Å². The quantitative estimate of drug-likeness (QED) is 0.799. The van der Waals surface area contributed by atoms with E-state index in [-0.39, 0.29) is 9.95 Å². The fourth-order valence-electron chi connectivity index (χ4n) is 2.80. The van der Waals surface area contributed by atoms with Gasteiger partial charge in [0, 0.05) is 25.0 Å². The number of aryl methyl sites for hydroxylation is 2. The molecule has 0 radical (unpaired) electrons. The van der Waals surface area contributed by atoms with E-state index in [1.807, 2.05) is 4.90 Å². The van der Waals surface area contributed by atoms with Gasteiger partial charge in [0.1, 0.15) is 4.83 Å². The Morgan fingerprint density at radius 3 is 2.56 bits per heavy atom. The second kappa shape index (κ2) is 6.45. The number of alkyl halides is 3. The lowest BCUT2D eigenvalue weighted by Gasteiger charge is -2.15. The largest absolute Gasteiger partial charge is 0.361 e. The van der Waals surface area contributed by atoms with Gasteiger partial charge in [0.15, 0.2) is 5.11 Å². The van der Waals surface area contributed by atoms with E-state index < -0.39 is 24.0 Å². The highest BCUT2D eigenvalue weighted by atomic mass is 32.1. The lowest BCUT2D eigenvalue weighted by Crippen LogP contribution is -2.42. The Labute approximate surface area is 149 Å². The Morgan fingerprint density at radius 2 is 2.00 bits per heavy atom. The summed E-state index contributed by atoms with van der Waals surface area (Å²) in [5.74, 6) is 0. The maximum absolute atomic E-state index is 13.8. The van der Waals surface area contributed by atoms with E-state index in [2.05, 4.69) is 5.32 Å². The molecule has 0 amide bonds. The van der Waals surface area contributed by atoms with Crippen LogP contribution in [-0.4, -0.2) is 38.7 Å². The lowest BCUT2D eigenvalue weighted by molar-refractivity contribution is 0.00313. The molecule has 0 bridgehead atoms. The van der Waals surface area contributed by atoms with Crippen LogP contribution < -0.4 is 16.6 Å². The number of halogens is 3. The summed E-state index contributed by atoms with van der Waals surface area (Å²) < 4.78 is 40.2. The first-order chi connectivity index (χ1) is 11.7. The van der Waals surface area contributed by atoms with Gasteiger partial charge in [-0.15, -0.1) is 11.3 Å². The number of rotatable bonds is 4. The summed E-state index contributed by atoms with van der Waals surface area (Å²) in [4.78, 5) is 27.7. The summed E-state index contributed by atoms with van der Waals surface area (Å²) >= 11 is 6.39. The van der Waals surface area contributed by atoms with Gasteiger partial charge < -0.3 is 10.2 Å². The van der Waals surface area contributed by atoms with Crippen molar-refractivity contribution >= 4 is 38.9 Å². The first-order valence-electron chi connectivity index (χ1n) is 7.42. The Balaban J connectivity index is 2.19. The number of hydrogen-bond acceptors (Lipinski definition) is 4. The fraction of sp³-hybridized carbons (Fsp3) is 0.500. The van der Waals surface area contributed by atoms with Crippen LogP contribution in [0.25, 0.3) is 10.2 Å². The number of aromatic nitrogens is 2. The van der Waals surface area contributed by atoms with Crippen LogP contribution in [0.4, 0.5) is 13.2 Å². The van der Waals surface area contributed by atoms with Crippen molar-refractivity contribution in [1.29, 1.82) is 0 Å². The van der Waals surface area contributed by atoms with Gasteiger partial charge in [0.05, 0.1) is 11.9 Å². The standard InChI is InChI=1S/C14H15F3N4O2S2/c1-6-7(5-20-4-3-18-13(20)24)25-12-8(6)11(22)21(10(17)9(15)16)14(23)19(12)2/h9-10H,3-5H2,1-2H3,(H,18,24). The average Bonchev–Trinajstić information content (AvgIpc) is 3.10. The summed E-state index contributed by atoms with van der Waals surface area (Å²) in [7, 11) is 1.33. The van der Waals surface area contributed by atoms with Gasteiger partial charge in [-0.3, -0.25) is 9.36 Å². The van der Waals surface area contributed by atoms with E-state index in [0.717, 1.165) is 9.44 Å². The molecule has 0 saturated carbocycles. The van der Waals surface area contributed by atoms with Crippen LogP contribution in [0.15, 0.2) is 9.59 Å². The average molecular weight is 392 g/mol. The molecule has 1 saturated heterocycles. The van der Waals surface area contributed by atoms with Gasteiger partial charge in [0.2, 0.25) is 6.30 Å². The molecule has 0 aliphatic carbocycles. The minimum Gasteiger partial charge on any atom is -0.361 e. The summed E-state index contributed by atoms with van der Waals surface area (Å²) in [5, 5.41) is 3.69. The normalized spacial score (nSPS) is 16.1. The third-order valence-corrected chi connectivity index (χ3v) is 5.95. The molecule has 3 heterocycles. The molecule has 1 aliphatic heterocycles. The van der Waals surface area contributed by atoms with E-state index in [1.165, 1.54) is 18.4 Å². The molecule has 1 unspecified atom stereocenters. The highest BCUT2D eigenvalue weighted by Gasteiger charge is 2.29. The molecule has 1 fully saturated rings. The first-order valence-corrected chi connectivity index (χ1v) is 8.65. The minimum absolute atomic E-state index is 0.0153. The van der Waals surface area contributed by atoms with Crippen LogP contribution >= 0.6 is 23.6 Å². The van der Waals surface area contributed by atoms with E-state index in [9.17, 15) is 22.8 Å². The third-order valence-electron chi connectivity index (χ3n) is 4.19. The lowest BCUT2D eigenvalue weighted by atomic mass is 10.2. The minimum atomic E-state index is -3.46. The van der Waals surface area contributed by atoms with Gasteiger partial charge in [-0.1, -0.05) is 0 Å². The van der Waals surface area contributed by atoms with Crippen molar-refractivity contribution in [3.63, 3.8) is 0 Å². The highest BCUT2D eigenvalue weighted by molar-refractivity contribution is 7.80. The number of hydrogen-bond donors (Lipinski definition) is 1. The zero-order valence-corrected chi connectivity index (χ0v) is 15.0. The monoisotopic (exact) mass is 392 g/mol. The van der Waals surface area contributed by atoms with Crippen molar-refractivity contribution in [3.8, 4) is 0 Å². The van der Waals surface area contributed by atoms with Crippen LogP contribution in [0.3, 0.4) is 0 Å². The van der Waals surface area contributed by atoms with Gasteiger partial charge in [-0.2, -0.15) is 0 Å². The zero-order chi connectivity index (χ0) is 18.5. The number of nitrogens with one attached hydrogen (secondary N) is 1. The molecule has 1 N–H and O–H groups in total. The number of nitrogens with zero attached hydrogens (tertiary/aromatic N) is 3. The van der Waals surface area contributed by atoms with Gasteiger partial charge in [0.25, 0.3) is 12.0 Å². The Morgan fingerprint density at radius 1 is 1.32 bits per heavy atom. The Hall–Kier alpha value is -1.88. The molecular formula is C14H15F3N4O2S2. The van der Waals surface area contributed by atoms with E-state index >= 15 is 0 Å². The van der Waals surface area contributed by atoms with Gasteiger partial charge in [-0.05, 0) is 24.7 Å². The fourth-order valence-corrected chi connectivity index (χ4v) is 4.33. The summed E-state index contributed by atoms with van der Waals surface area (Å²) in [6, 6.07) is 0. The van der Waals surface area contributed by atoms with Crippen molar-refractivity contribution in [1.82, 2.24) is 19.4 Å². The molecule has 6 nitrogen and oxygen atoms in total. The van der Waals surface area contributed by atoms with E-state index in [4.69, 9.17) is 12.2 Å². The maximum atomic E-state index is 13.8. The molecule has 2 aromatic heterocycles. The summed E-state index contributed by atoms with van der Waals surface area (Å²) in [6.45, 7) is 3.50. The smallest absolute Gasteiger partial charge is 0.334 e. The van der Waals surface area contributed by atoms with E-state index in [0.29, 0.717) is 35.1 Å². The second-order valence-corrected chi connectivity index (χ2v) is 7.18. The second-order valence-electron chi connectivity index (χ2n) is 5.71. The van der Waals surface area contributed by atoms with Gasteiger partial charge >= 0.3 is 5.69 Å². The molecule has 3 rings (SSSR count). The zero-order valence-electron chi connectivity index (χ0n) is 13.4. The predicted molar refractivity (Wildman–Crippen MR) is 93.2 cm³/mol. The van der Waals surface area contributed by atoms with Crippen molar-refractivity contribution in [2.24, 2.45) is 7.05 Å². The van der Waals surface area contributed by atoms with Gasteiger partial charge in [-0.25, -0.2) is 22.5 Å². The Bertz CT molecular complexity index is 966. The SMILES string of the molecule is Cc1c(CN2CCNC2=S)sc2c1c(=O)n(C(F)C(F)F)c(=O)n2C. The summed E-state index contributed by atoms with van der Waals surface area (Å²) in [6.07, 6.45) is -6.44. The number of thiophene rings is 1. The molecule has 0 spiro atoms.